The quantitative estimate of drug-likeness (QED) is 0.714. The number of benzene rings is 1. The Labute approximate surface area is 120 Å². The lowest BCUT2D eigenvalue weighted by Gasteiger charge is -2.17. The number of hydrogen-bond donors (Lipinski definition) is 0. The van der Waals surface area contributed by atoms with Gasteiger partial charge in [0, 0.05) is 11.0 Å². The Morgan fingerprint density at radius 3 is 2.83 bits per heavy atom. The summed E-state index contributed by atoms with van der Waals surface area (Å²) in [5.41, 5.74) is 4.05. The van der Waals surface area contributed by atoms with E-state index in [0.717, 1.165) is 12.4 Å². The molecule has 1 atom stereocenters. The van der Waals surface area contributed by atoms with Gasteiger partial charge in [-0.05, 0) is 40.1 Å². The highest BCUT2D eigenvalue weighted by Crippen LogP contribution is 2.42. The molecule has 1 aromatic carbocycles. The van der Waals surface area contributed by atoms with E-state index in [2.05, 4.69) is 64.8 Å². The predicted molar refractivity (Wildman–Crippen MR) is 80.1 cm³/mol. The fourth-order valence-corrected chi connectivity index (χ4v) is 3.74. The summed E-state index contributed by atoms with van der Waals surface area (Å²) in [6.07, 6.45) is 0. The molecule has 1 unspecified atom stereocenters. The van der Waals surface area contributed by atoms with Crippen molar-refractivity contribution in [2.45, 2.75) is 24.1 Å². The molecule has 2 heterocycles. The molecular weight excluding hydrogens is 308 g/mol. The van der Waals surface area contributed by atoms with Gasteiger partial charge in [-0.25, -0.2) is 0 Å². The normalized spacial score (nSPS) is 18.2. The van der Waals surface area contributed by atoms with Gasteiger partial charge in [0.15, 0.2) is 0 Å². The predicted octanol–water partition coefficient (Wildman–Crippen LogP) is 4.90. The van der Waals surface area contributed by atoms with E-state index in [1.54, 1.807) is 11.3 Å². The van der Waals surface area contributed by atoms with Crippen molar-refractivity contribution in [3.05, 3.63) is 51.7 Å². The summed E-state index contributed by atoms with van der Waals surface area (Å²) in [6.45, 7) is 5.24. The van der Waals surface area contributed by atoms with Crippen LogP contribution in [0.1, 0.15) is 35.4 Å². The van der Waals surface area contributed by atoms with Gasteiger partial charge in [0.25, 0.3) is 0 Å². The number of halogens is 1. The maximum Gasteiger partial charge on any atom is 0.123 e. The highest BCUT2D eigenvalue weighted by molar-refractivity contribution is 9.09. The number of thiophene rings is 1. The van der Waals surface area contributed by atoms with E-state index >= 15 is 0 Å². The Balaban J connectivity index is 2.00. The SMILES string of the molecule is CC1(C)COc2ccc(C(Br)c3ccsc3)cc21. The van der Waals surface area contributed by atoms with Gasteiger partial charge in [-0.3, -0.25) is 0 Å². The minimum Gasteiger partial charge on any atom is -0.492 e. The van der Waals surface area contributed by atoms with Crippen molar-refractivity contribution in [3.8, 4) is 5.75 Å². The second-order valence-corrected chi connectivity index (χ2v) is 7.04. The highest BCUT2D eigenvalue weighted by atomic mass is 79.9. The molecule has 0 amide bonds. The fraction of sp³-hybridized carbons (Fsp3) is 0.333. The van der Waals surface area contributed by atoms with Gasteiger partial charge in [0.2, 0.25) is 0 Å². The molecule has 1 aliphatic heterocycles. The van der Waals surface area contributed by atoms with Crippen LogP contribution in [0.4, 0.5) is 0 Å². The number of rotatable bonds is 2. The summed E-state index contributed by atoms with van der Waals surface area (Å²) in [4.78, 5) is 0.269. The zero-order valence-electron chi connectivity index (χ0n) is 10.4. The Bertz CT molecular complexity index is 560. The van der Waals surface area contributed by atoms with E-state index in [0.29, 0.717) is 0 Å². The van der Waals surface area contributed by atoms with Crippen molar-refractivity contribution >= 4 is 27.3 Å². The van der Waals surface area contributed by atoms with E-state index in [1.807, 2.05) is 0 Å². The standard InChI is InChI=1S/C15H15BrOS/c1-15(2)9-17-13-4-3-10(7-12(13)15)14(16)11-5-6-18-8-11/h3-8,14H,9H2,1-2H3. The van der Waals surface area contributed by atoms with Crippen LogP contribution in [0.5, 0.6) is 5.75 Å². The molecular formula is C15H15BrOS. The summed E-state index contributed by atoms with van der Waals surface area (Å²) in [7, 11) is 0. The molecule has 0 fully saturated rings. The smallest absolute Gasteiger partial charge is 0.123 e. The maximum atomic E-state index is 5.73. The van der Waals surface area contributed by atoms with Gasteiger partial charge >= 0.3 is 0 Å². The molecule has 0 saturated heterocycles. The molecule has 2 aromatic rings. The van der Waals surface area contributed by atoms with Crippen LogP contribution in [0.25, 0.3) is 0 Å². The summed E-state index contributed by atoms with van der Waals surface area (Å²) >= 11 is 5.52. The second-order valence-electron chi connectivity index (χ2n) is 5.35. The van der Waals surface area contributed by atoms with Crippen LogP contribution in [0.3, 0.4) is 0 Å². The molecule has 3 heteroatoms. The van der Waals surface area contributed by atoms with Crippen molar-refractivity contribution in [1.82, 2.24) is 0 Å². The first-order chi connectivity index (χ1) is 8.58. The highest BCUT2D eigenvalue weighted by Gasteiger charge is 2.32. The Kier molecular flexibility index (Phi) is 2.99. The van der Waals surface area contributed by atoms with Gasteiger partial charge in [0.05, 0.1) is 11.4 Å². The van der Waals surface area contributed by atoms with Crippen LogP contribution in [-0.2, 0) is 5.41 Å². The Hall–Kier alpha value is -0.800. The minimum atomic E-state index is 0.118. The van der Waals surface area contributed by atoms with Crippen LogP contribution in [0.15, 0.2) is 35.0 Å². The van der Waals surface area contributed by atoms with Crippen molar-refractivity contribution < 1.29 is 4.74 Å². The van der Waals surface area contributed by atoms with Crippen molar-refractivity contribution in [2.24, 2.45) is 0 Å². The van der Waals surface area contributed by atoms with Crippen LogP contribution in [0.2, 0.25) is 0 Å². The summed E-state index contributed by atoms with van der Waals surface area (Å²) in [5.74, 6) is 1.04. The lowest BCUT2D eigenvalue weighted by molar-refractivity contribution is 0.291. The topological polar surface area (TPSA) is 9.23 Å². The number of hydrogen-bond acceptors (Lipinski definition) is 2. The van der Waals surface area contributed by atoms with Crippen LogP contribution < -0.4 is 4.74 Å². The maximum absolute atomic E-state index is 5.73. The van der Waals surface area contributed by atoms with E-state index < -0.39 is 0 Å². The van der Waals surface area contributed by atoms with Gasteiger partial charge in [-0.1, -0.05) is 35.8 Å². The third-order valence-electron chi connectivity index (χ3n) is 3.45. The van der Waals surface area contributed by atoms with E-state index in [9.17, 15) is 0 Å². The second kappa shape index (κ2) is 4.39. The van der Waals surface area contributed by atoms with E-state index in [-0.39, 0.29) is 10.2 Å². The van der Waals surface area contributed by atoms with E-state index in [4.69, 9.17) is 4.74 Å². The Morgan fingerprint density at radius 1 is 1.28 bits per heavy atom. The third-order valence-corrected chi connectivity index (χ3v) is 5.21. The first-order valence-electron chi connectivity index (χ1n) is 6.01. The first kappa shape index (κ1) is 12.2. The van der Waals surface area contributed by atoms with Gasteiger partial charge in [-0.2, -0.15) is 11.3 Å². The molecule has 1 aromatic heterocycles. The summed E-state index contributed by atoms with van der Waals surface area (Å²) in [6, 6.07) is 8.69. The van der Waals surface area contributed by atoms with Crippen LogP contribution in [-0.4, -0.2) is 6.61 Å². The van der Waals surface area contributed by atoms with Crippen LogP contribution >= 0.6 is 27.3 Å². The fourth-order valence-electron chi connectivity index (χ4n) is 2.31. The number of fused-ring (bicyclic) bond motifs is 1. The molecule has 0 bridgehead atoms. The molecule has 0 radical (unpaired) electrons. The molecule has 0 N–H and O–H groups in total. The van der Waals surface area contributed by atoms with Gasteiger partial charge in [-0.15, -0.1) is 0 Å². The average molecular weight is 323 g/mol. The summed E-state index contributed by atoms with van der Waals surface area (Å²) in [5, 5.41) is 4.30. The van der Waals surface area contributed by atoms with E-state index in [1.165, 1.54) is 16.7 Å². The molecule has 1 nitrogen and oxygen atoms in total. The van der Waals surface area contributed by atoms with Crippen LogP contribution in [0, 0.1) is 0 Å². The molecule has 18 heavy (non-hydrogen) atoms. The lowest BCUT2D eigenvalue weighted by atomic mass is 9.85. The van der Waals surface area contributed by atoms with Crippen molar-refractivity contribution in [2.75, 3.05) is 6.61 Å². The number of ether oxygens (including phenoxy) is 1. The molecule has 1 aliphatic rings. The minimum absolute atomic E-state index is 0.118. The average Bonchev–Trinajstić information content (AvgIpc) is 2.97. The summed E-state index contributed by atoms with van der Waals surface area (Å²) < 4.78 is 5.73. The number of alkyl halides is 1. The van der Waals surface area contributed by atoms with Gasteiger partial charge < -0.3 is 4.74 Å². The molecule has 3 rings (SSSR count). The Morgan fingerprint density at radius 2 is 2.11 bits per heavy atom. The molecule has 0 saturated carbocycles. The molecule has 0 spiro atoms. The first-order valence-corrected chi connectivity index (χ1v) is 7.87. The third kappa shape index (κ3) is 1.99. The van der Waals surface area contributed by atoms with Crippen molar-refractivity contribution in [1.29, 1.82) is 0 Å². The zero-order valence-corrected chi connectivity index (χ0v) is 12.8. The molecule has 0 aliphatic carbocycles. The van der Waals surface area contributed by atoms with Gasteiger partial charge in [0.1, 0.15) is 5.75 Å². The van der Waals surface area contributed by atoms with Crippen molar-refractivity contribution in [3.63, 3.8) is 0 Å². The molecule has 94 valence electrons. The monoisotopic (exact) mass is 322 g/mol. The largest absolute Gasteiger partial charge is 0.492 e. The lowest BCUT2D eigenvalue weighted by Crippen LogP contribution is -2.18. The zero-order chi connectivity index (χ0) is 12.8.